The standard InChI is InChI=1S/C8H13N3O/c1-6(2)4-7(12)8-10-9-5-11(8)3/h5-6H,4H2,1-3H3. The molecule has 0 N–H and O–H groups in total. The van der Waals surface area contributed by atoms with E-state index < -0.39 is 0 Å². The topological polar surface area (TPSA) is 47.8 Å². The molecule has 0 fully saturated rings. The van der Waals surface area contributed by atoms with E-state index >= 15 is 0 Å². The van der Waals surface area contributed by atoms with Crippen LogP contribution in [0.4, 0.5) is 0 Å². The summed E-state index contributed by atoms with van der Waals surface area (Å²) in [6, 6.07) is 0. The number of aryl methyl sites for hydroxylation is 1. The van der Waals surface area contributed by atoms with Gasteiger partial charge in [-0.15, -0.1) is 10.2 Å². The average Bonchev–Trinajstić information content (AvgIpc) is 2.33. The SMILES string of the molecule is CC(C)CC(=O)c1nncn1C. The first-order chi connectivity index (χ1) is 5.61. The van der Waals surface area contributed by atoms with Gasteiger partial charge in [0.25, 0.3) is 0 Å². The zero-order valence-corrected chi connectivity index (χ0v) is 7.61. The summed E-state index contributed by atoms with van der Waals surface area (Å²) in [5.74, 6) is 0.878. The van der Waals surface area contributed by atoms with Crippen molar-refractivity contribution in [3.63, 3.8) is 0 Å². The predicted octanol–water partition coefficient (Wildman–Crippen LogP) is 1.04. The van der Waals surface area contributed by atoms with Gasteiger partial charge in [0.2, 0.25) is 0 Å². The van der Waals surface area contributed by atoms with Gasteiger partial charge >= 0.3 is 0 Å². The van der Waals surface area contributed by atoms with E-state index in [1.807, 2.05) is 13.8 Å². The molecule has 0 atom stereocenters. The van der Waals surface area contributed by atoms with Crippen LogP contribution in [0.3, 0.4) is 0 Å². The molecule has 4 nitrogen and oxygen atoms in total. The van der Waals surface area contributed by atoms with E-state index in [-0.39, 0.29) is 5.78 Å². The van der Waals surface area contributed by atoms with Gasteiger partial charge < -0.3 is 4.57 Å². The van der Waals surface area contributed by atoms with Crippen molar-refractivity contribution in [2.75, 3.05) is 0 Å². The minimum Gasteiger partial charge on any atom is -0.314 e. The molecule has 0 radical (unpaired) electrons. The number of nitrogens with zero attached hydrogens (tertiary/aromatic N) is 3. The molecule has 0 saturated carbocycles. The second-order valence-electron chi connectivity index (χ2n) is 3.29. The molecule has 0 aromatic carbocycles. The van der Waals surface area contributed by atoms with Crippen molar-refractivity contribution in [2.45, 2.75) is 20.3 Å². The van der Waals surface area contributed by atoms with E-state index in [1.54, 1.807) is 11.6 Å². The number of hydrogen-bond acceptors (Lipinski definition) is 3. The van der Waals surface area contributed by atoms with Crippen LogP contribution in [-0.2, 0) is 7.05 Å². The van der Waals surface area contributed by atoms with E-state index in [0.717, 1.165) is 0 Å². The molecule has 0 aliphatic carbocycles. The van der Waals surface area contributed by atoms with E-state index in [1.165, 1.54) is 6.33 Å². The lowest BCUT2D eigenvalue weighted by molar-refractivity contribution is 0.0954. The molecule has 0 bridgehead atoms. The number of Topliss-reactive ketones (excluding diaryl/α,β-unsaturated/α-hetero) is 1. The molecule has 1 heterocycles. The van der Waals surface area contributed by atoms with Crippen LogP contribution >= 0.6 is 0 Å². The van der Waals surface area contributed by atoms with Gasteiger partial charge in [-0.3, -0.25) is 4.79 Å². The van der Waals surface area contributed by atoms with Crippen LogP contribution in [0.25, 0.3) is 0 Å². The molecule has 1 aromatic rings. The first kappa shape index (κ1) is 8.90. The molecule has 0 unspecified atom stereocenters. The van der Waals surface area contributed by atoms with Crippen molar-refractivity contribution in [3.05, 3.63) is 12.2 Å². The van der Waals surface area contributed by atoms with Crippen LogP contribution < -0.4 is 0 Å². The summed E-state index contributed by atoms with van der Waals surface area (Å²) in [7, 11) is 1.77. The Morgan fingerprint density at radius 1 is 1.67 bits per heavy atom. The van der Waals surface area contributed by atoms with Crippen LogP contribution in [0, 0.1) is 5.92 Å². The molecule has 0 saturated heterocycles. The summed E-state index contributed by atoms with van der Waals surface area (Å²) < 4.78 is 1.64. The maximum absolute atomic E-state index is 11.4. The Hall–Kier alpha value is -1.19. The van der Waals surface area contributed by atoms with E-state index in [9.17, 15) is 4.79 Å². The van der Waals surface area contributed by atoms with Crippen molar-refractivity contribution in [1.82, 2.24) is 14.8 Å². The number of ketones is 1. The molecule has 1 aromatic heterocycles. The van der Waals surface area contributed by atoms with Gasteiger partial charge in [0, 0.05) is 13.5 Å². The van der Waals surface area contributed by atoms with Crippen LogP contribution in [-0.4, -0.2) is 20.5 Å². The van der Waals surface area contributed by atoms with Gasteiger partial charge in [0.15, 0.2) is 11.6 Å². The Morgan fingerprint density at radius 2 is 2.33 bits per heavy atom. The normalized spacial score (nSPS) is 10.7. The Kier molecular flexibility index (Phi) is 2.58. The second-order valence-corrected chi connectivity index (χ2v) is 3.29. The van der Waals surface area contributed by atoms with Gasteiger partial charge in [-0.05, 0) is 5.92 Å². The summed E-state index contributed by atoms with van der Waals surface area (Å²) >= 11 is 0. The van der Waals surface area contributed by atoms with Crippen LogP contribution in [0.15, 0.2) is 6.33 Å². The number of rotatable bonds is 3. The number of carbonyl (C=O) groups excluding carboxylic acids is 1. The molecular weight excluding hydrogens is 154 g/mol. The lowest BCUT2D eigenvalue weighted by Gasteiger charge is -2.01. The Balaban J connectivity index is 2.72. The largest absolute Gasteiger partial charge is 0.314 e. The average molecular weight is 167 g/mol. The third-order valence-corrected chi connectivity index (χ3v) is 1.55. The molecule has 12 heavy (non-hydrogen) atoms. The van der Waals surface area contributed by atoms with Gasteiger partial charge in [0.05, 0.1) is 0 Å². The second kappa shape index (κ2) is 3.47. The van der Waals surface area contributed by atoms with Crippen LogP contribution in [0.5, 0.6) is 0 Å². The van der Waals surface area contributed by atoms with Crippen molar-refractivity contribution in [1.29, 1.82) is 0 Å². The Labute approximate surface area is 71.6 Å². The lowest BCUT2D eigenvalue weighted by Crippen LogP contribution is -2.09. The molecule has 0 aliphatic heterocycles. The lowest BCUT2D eigenvalue weighted by atomic mass is 10.1. The van der Waals surface area contributed by atoms with E-state index in [2.05, 4.69) is 10.2 Å². The van der Waals surface area contributed by atoms with Crippen molar-refractivity contribution in [2.24, 2.45) is 13.0 Å². The van der Waals surface area contributed by atoms with Gasteiger partial charge in [-0.25, -0.2) is 0 Å². The molecule has 4 heteroatoms. The highest BCUT2D eigenvalue weighted by Gasteiger charge is 2.12. The first-order valence-corrected chi connectivity index (χ1v) is 3.98. The summed E-state index contributed by atoms with van der Waals surface area (Å²) in [6.45, 7) is 4.02. The highest BCUT2D eigenvalue weighted by atomic mass is 16.1. The molecule has 0 amide bonds. The molecule has 1 rings (SSSR count). The number of aromatic nitrogens is 3. The quantitative estimate of drug-likeness (QED) is 0.632. The zero-order chi connectivity index (χ0) is 9.14. The molecule has 0 spiro atoms. The third-order valence-electron chi connectivity index (χ3n) is 1.55. The summed E-state index contributed by atoms with van der Waals surface area (Å²) in [5, 5.41) is 7.37. The number of carbonyl (C=O) groups is 1. The third kappa shape index (κ3) is 1.90. The monoisotopic (exact) mass is 167 g/mol. The highest BCUT2D eigenvalue weighted by Crippen LogP contribution is 2.05. The minimum atomic E-state index is 0.0602. The smallest absolute Gasteiger partial charge is 0.200 e. The molecule has 0 aliphatic rings. The first-order valence-electron chi connectivity index (χ1n) is 3.98. The van der Waals surface area contributed by atoms with E-state index in [0.29, 0.717) is 18.2 Å². The van der Waals surface area contributed by atoms with E-state index in [4.69, 9.17) is 0 Å². The zero-order valence-electron chi connectivity index (χ0n) is 7.61. The Morgan fingerprint density at radius 3 is 2.75 bits per heavy atom. The van der Waals surface area contributed by atoms with Crippen molar-refractivity contribution < 1.29 is 4.79 Å². The van der Waals surface area contributed by atoms with Crippen LogP contribution in [0.1, 0.15) is 30.9 Å². The summed E-state index contributed by atoms with van der Waals surface area (Å²) in [6.07, 6.45) is 2.07. The van der Waals surface area contributed by atoms with Crippen molar-refractivity contribution >= 4 is 5.78 Å². The fourth-order valence-electron chi connectivity index (χ4n) is 0.998. The van der Waals surface area contributed by atoms with Gasteiger partial charge in [-0.2, -0.15) is 0 Å². The summed E-state index contributed by atoms with van der Waals surface area (Å²) in [4.78, 5) is 11.4. The molecular formula is C8H13N3O. The number of hydrogen-bond donors (Lipinski definition) is 0. The highest BCUT2D eigenvalue weighted by molar-refractivity contribution is 5.92. The fraction of sp³-hybridized carbons (Fsp3) is 0.625. The Bertz CT molecular complexity index is 278. The van der Waals surface area contributed by atoms with Gasteiger partial charge in [0.1, 0.15) is 6.33 Å². The molecule has 66 valence electrons. The fourth-order valence-corrected chi connectivity index (χ4v) is 0.998. The van der Waals surface area contributed by atoms with Crippen LogP contribution in [0.2, 0.25) is 0 Å². The predicted molar refractivity (Wildman–Crippen MR) is 44.8 cm³/mol. The maximum Gasteiger partial charge on any atom is 0.200 e. The van der Waals surface area contributed by atoms with Gasteiger partial charge in [-0.1, -0.05) is 13.8 Å². The summed E-state index contributed by atoms with van der Waals surface area (Å²) in [5.41, 5.74) is 0. The maximum atomic E-state index is 11.4. The van der Waals surface area contributed by atoms with Crippen molar-refractivity contribution in [3.8, 4) is 0 Å². The minimum absolute atomic E-state index is 0.0602.